The minimum atomic E-state index is 0.00311. The van der Waals surface area contributed by atoms with Crippen LogP contribution < -0.4 is 4.90 Å². The summed E-state index contributed by atoms with van der Waals surface area (Å²) in [5, 5.41) is 0. The number of ketones is 1. The number of rotatable bonds is 5. The highest BCUT2D eigenvalue weighted by Crippen LogP contribution is 2.16. The average molecular weight is 243 g/mol. The first-order valence-corrected chi connectivity index (χ1v) is 6.09. The Labute approximate surface area is 107 Å². The van der Waals surface area contributed by atoms with Gasteiger partial charge in [0.2, 0.25) is 5.78 Å². The van der Waals surface area contributed by atoms with E-state index in [1.807, 2.05) is 36.9 Å². The van der Waals surface area contributed by atoms with Crippen LogP contribution >= 0.6 is 0 Å². The second kappa shape index (κ2) is 5.54. The van der Waals surface area contributed by atoms with Crippen LogP contribution in [0.1, 0.15) is 23.0 Å². The fourth-order valence-corrected chi connectivity index (χ4v) is 1.90. The normalized spacial score (nSPS) is 10.3. The molecule has 0 radical (unpaired) electrons. The Morgan fingerprint density at radius 1 is 1.28 bits per heavy atom. The molecule has 0 aliphatic heterocycles. The van der Waals surface area contributed by atoms with Crippen LogP contribution in [-0.4, -0.2) is 18.9 Å². The molecule has 3 nitrogen and oxygen atoms in total. The Kier molecular flexibility index (Phi) is 3.82. The molecule has 0 amide bonds. The van der Waals surface area contributed by atoms with Gasteiger partial charge in [-0.25, -0.2) is 0 Å². The van der Waals surface area contributed by atoms with Crippen molar-refractivity contribution in [1.29, 1.82) is 0 Å². The second-order valence-corrected chi connectivity index (χ2v) is 4.25. The molecule has 1 heterocycles. The molecule has 2 aromatic rings. The van der Waals surface area contributed by atoms with E-state index in [-0.39, 0.29) is 5.78 Å². The van der Waals surface area contributed by atoms with Crippen LogP contribution in [0.2, 0.25) is 0 Å². The summed E-state index contributed by atoms with van der Waals surface area (Å²) in [5.74, 6) is 0.421. The molecule has 0 bridgehead atoms. The van der Waals surface area contributed by atoms with Gasteiger partial charge in [0, 0.05) is 12.2 Å². The lowest BCUT2D eigenvalue weighted by Gasteiger charge is -2.22. The number of aryl methyl sites for hydroxylation is 1. The third kappa shape index (κ3) is 2.80. The molecule has 0 spiro atoms. The molecule has 94 valence electrons. The molecule has 1 aromatic heterocycles. The van der Waals surface area contributed by atoms with Gasteiger partial charge >= 0.3 is 0 Å². The van der Waals surface area contributed by atoms with Gasteiger partial charge in [-0.2, -0.15) is 0 Å². The molecule has 0 saturated carbocycles. The van der Waals surface area contributed by atoms with Crippen molar-refractivity contribution in [2.24, 2.45) is 0 Å². The Morgan fingerprint density at radius 2 is 2.11 bits per heavy atom. The summed E-state index contributed by atoms with van der Waals surface area (Å²) in [6.07, 6.45) is 1.52. The van der Waals surface area contributed by atoms with E-state index in [0.717, 1.165) is 12.2 Å². The van der Waals surface area contributed by atoms with Crippen LogP contribution in [0.25, 0.3) is 0 Å². The maximum Gasteiger partial charge on any atom is 0.217 e. The Balaban J connectivity index is 2.13. The molecule has 1 aromatic carbocycles. The minimum Gasteiger partial charge on any atom is -0.461 e. The van der Waals surface area contributed by atoms with Crippen LogP contribution in [0.15, 0.2) is 47.1 Å². The Morgan fingerprint density at radius 3 is 2.72 bits per heavy atom. The number of hydrogen-bond acceptors (Lipinski definition) is 3. The SMILES string of the molecule is CCN(CC(=O)c1ccco1)c1cccc(C)c1. The van der Waals surface area contributed by atoms with Crippen LogP contribution in [0.3, 0.4) is 0 Å². The molecule has 3 heteroatoms. The summed E-state index contributed by atoms with van der Waals surface area (Å²) in [7, 11) is 0. The van der Waals surface area contributed by atoms with Gasteiger partial charge in [0.25, 0.3) is 0 Å². The molecule has 0 unspecified atom stereocenters. The lowest BCUT2D eigenvalue weighted by Crippen LogP contribution is -2.29. The van der Waals surface area contributed by atoms with Gasteiger partial charge in [0.1, 0.15) is 0 Å². The van der Waals surface area contributed by atoms with Gasteiger partial charge < -0.3 is 9.32 Å². The number of furan rings is 1. The van der Waals surface area contributed by atoms with Crippen LogP contribution in [0, 0.1) is 6.92 Å². The van der Waals surface area contributed by atoms with E-state index in [1.54, 1.807) is 12.1 Å². The zero-order valence-electron chi connectivity index (χ0n) is 10.7. The maximum atomic E-state index is 12.0. The van der Waals surface area contributed by atoms with E-state index >= 15 is 0 Å². The Hall–Kier alpha value is -2.03. The van der Waals surface area contributed by atoms with Gasteiger partial charge in [-0.1, -0.05) is 12.1 Å². The van der Waals surface area contributed by atoms with Crippen molar-refractivity contribution in [3.05, 3.63) is 54.0 Å². The smallest absolute Gasteiger partial charge is 0.217 e. The average Bonchev–Trinajstić information content (AvgIpc) is 2.89. The summed E-state index contributed by atoms with van der Waals surface area (Å²) < 4.78 is 5.12. The van der Waals surface area contributed by atoms with Crippen LogP contribution in [-0.2, 0) is 0 Å². The molecule has 0 saturated heterocycles. The molecule has 18 heavy (non-hydrogen) atoms. The van der Waals surface area contributed by atoms with Gasteiger partial charge in [0.05, 0.1) is 12.8 Å². The van der Waals surface area contributed by atoms with Crippen molar-refractivity contribution in [2.75, 3.05) is 18.0 Å². The zero-order valence-corrected chi connectivity index (χ0v) is 10.7. The summed E-state index contributed by atoms with van der Waals surface area (Å²) in [6.45, 7) is 5.22. The summed E-state index contributed by atoms with van der Waals surface area (Å²) in [6, 6.07) is 11.6. The molecule has 0 N–H and O–H groups in total. The van der Waals surface area contributed by atoms with E-state index in [0.29, 0.717) is 12.3 Å². The topological polar surface area (TPSA) is 33.5 Å². The molecule has 0 fully saturated rings. The van der Waals surface area contributed by atoms with Crippen molar-refractivity contribution < 1.29 is 9.21 Å². The predicted molar refractivity (Wildman–Crippen MR) is 72.1 cm³/mol. The van der Waals surface area contributed by atoms with Gasteiger partial charge in [-0.15, -0.1) is 0 Å². The fraction of sp³-hybridized carbons (Fsp3) is 0.267. The van der Waals surface area contributed by atoms with Crippen molar-refractivity contribution in [1.82, 2.24) is 0 Å². The second-order valence-electron chi connectivity index (χ2n) is 4.25. The maximum absolute atomic E-state index is 12.0. The number of anilines is 1. The fourth-order valence-electron chi connectivity index (χ4n) is 1.90. The molecular weight excluding hydrogens is 226 g/mol. The largest absolute Gasteiger partial charge is 0.461 e. The summed E-state index contributed by atoms with van der Waals surface area (Å²) in [5.41, 5.74) is 2.26. The van der Waals surface area contributed by atoms with Gasteiger partial charge in [0.15, 0.2) is 5.76 Å². The molecule has 2 rings (SSSR count). The molecule has 0 aliphatic carbocycles. The number of benzene rings is 1. The highest BCUT2D eigenvalue weighted by atomic mass is 16.3. The summed E-state index contributed by atoms with van der Waals surface area (Å²) in [4.78, 5) is 14.0. The number of nitrogens with zero attached hydrogens (tertiary/aromatic N) is 1. The van der Waals surface area contributed by atoms with Gasteiger partial charge in [-0.3, -0.25) is 4.79 Å². The number of likely N-dealkylation sites (N-methyl/N-ethyl adjacent to an activating group) is 1. The minimum absolute atomic E-state index is 0.00311. The lowest BCUT2D eigenvalue weighted by molar-refractivity contribution is 0.0973. The zero-order chi connectivity index (χ0) is 13.0. The van der Waals surface area contributed by atoms with Crippen LogP contribution in [0.5, 0.6) is 0 Å². The number of Topliss-reactive ketones (excluding diaryl/α,β-unsaturated/α-hetero) is 1. The Bertz CT molecular complexity index is 517. The predicted octanol–water partition coefficient (Wildman–Crippen LogP) is 3.30. The van der Waals surface area contributed by atoms with Gasteiger partial charge in [-0.05, 0) is 43.7 Å². The quantitative estimate of drug-likeness (QED) is 0.755. The van der Waals surface area contributed by atoms with E-state index in [1.165, 1.54) is 11.8 Å². The van der Waals surface area contributed by atoms with E-state index in [9.17, 15) is 4.79 Å². The monoisotopic (exact) mass is 243 g/mol. The molecular formula is C15H17NO2. The highest BCUT2D eigenvalue weighted by Gasteiger charge is 2.13. The highest BCUT2D eigenvalue weighted by molar-refractivity contribution is 5.96. The third-order valence-electron chi connectivity index (χ3n) is 2.88. The number of carbonyl (C=O) groups is 1. The van der Waals surface area contributed by atoms with Crippen LogP contribution in [0.4, 0.5) is 5.69 Å². The van der Waals surface area contributed by atoms with Crippen molar-refractivity contribution in [2.45, 2.75) is 13.8 Å². The first kappa shape index (κ1) is 12.4. The molecule has 0 atom stereocenters. The van der Waals surface area contributed by atoms with E-state index in [2.05, 4.69) is 6.07 Å². The summed E-state index contributed by atoms with van der Waals surface area (Å²) >= 11 is 0. The standard InChI is InChI=1S/C15H17NO2/c1-3-16(13-7-4-6-12(2)10-13)11-14(17)15-8-5-9-18-15/h4-10H,3,11H2,1-2H3. The number of hydrogen-bond donors (Lipinski definition) is 0. The first-order valence-electron chi connectivity index (χ1n) is 6.09. The van der Waals surface area contributed by atoms with Crippen molar-refractivity contribution >= 4 is 11.5 Å². The first-order chi connectivity index (χ1) is 8.70. The van der Waals surface area contributed by atoms with Crippen molar-refractivity contribution in [3.8, 4) is 0 Å². The third-order valence-corrected chi connectivity index (χ3v) is 2.88. The molecule has 0 aliphatic rings. The van der Waals surface area contributed by atoms with E-state index < -0.39 is 0 Å². The number of carbonyl (C=O) groups excluding carboxylic acids is 1. The van der Waals surface area contributed by atoms with E-state index in [4.69, 9.17) is 4.42 Å². The lowest BCUT2D eigenvalue weighted by atomic mass is 10.2. The van der Waals surface area contributed by atoms with Crippen molar-refractivity contribution in [3.63, 3.8) is 0 Å².